The van der Waals surface area contributed by atoms with E-state index < -0.39 is 0 Å². The van der Waals surface area contributed by atoms with Gasteiger partial charge in [-0.15, -0.1) is 0 Å². The molecule has 2 aromatic rings. The fourth-order valence-corrected chi connectivity index (χ4v) is 2.58. The van der Waals surface area contributed by atoms with E-state index in [1.807, 2.05) is 18.2 Å². The summed E-state index contributed by atoms with van der Waals surface area (Å²) in [5.74, 6) is 0.232. The monoisotopic (exact) mass is 264 g/mol. The van der Waals surface area contributed by atoms with Crippen molar-refractivity contribution in [2.24, 2.45) is 0 Å². The first-order valence-electron chi connectivity index (χ1n) is 6.84. The molecule has 0 atom stereocenters. The van der Waals surface area contributed by atoms with Crippen LogP contribution in [0.4, 0.5) is 0 Å². The molecule has 1 N–H and O–H groups in total. The highest BCUT2D eigenvalue weighted by Crippen LogP contribution is 2.33. The first kappa shape index (κ1) is 12.7. The molecule has 0 amide bonds. The fraction of sp³-hybridized carbons (Fsp3) is 0.167. The van der Waals surface area contributed by atoms with Crippen molar-refractivity contribution in [1.29, 1.82) is 0 Å². The number of rotatable bonds is 2. The SMILES string of the molecule is CCc1ccc(/C=C2/Cc3c(O)cccc3C2=O)cc1. The number of allylic oxidation sites excluding steroid dienone is 1. The Morgan fingerprint density at radius 2 is 1.90 bits per heavy atom. The number of aryl methyl sites for hydroxylation is 1. The predicted octanol–water partition coefficient (Wildman–Crippen LogP) is 3.78. The normalized spacial score (nSPS) is 15.7. The Morgan fingerprint density at radius 3 is 2.55 bits per heavy atom. The molecule has 20 heavy (non-hydrogen) atoms. The number of Topliss-reactive ketones (excluding diaryl/α,β-unsaturated/α-hetero) is 1. The van der Waals surface area contributed by atoms with Crippen LogP contribution in [-0.2, 0) is 12.8 Å². The van der Waals surface area contributed by atoms with Gasteiger partial charge in [-0.2, -0.15) is 0 Å². The van der Waals surface area contributed by atoms with Crippen molar-refractivity contribution in [3.8, 4) is 5.75 Å². The Hall–Kier alpha value is -2.35. The maximum Gasteiger partial charge on any atom is 0.189 e. The van der Waals surface area contributed by atoms with E-state index in [-0.39, 0.29) is 11.5 Å². The maximum atomic E-state index is 12.3. The van der Waals surface area contributed by atoms with Crippen LogP contribution in [0.25, 0.3) is 6.08 Å². The minimum absolute atomic E-state index is 0.0236. The van der Waals surface area contributed by atoms with Gasteiger partial charge in [-0.25, -0.2) is 0 Å². The smallest absolute Gasteiger partial charge is 0.189 e. The van der Waals surface area contributed by atoms with Gasteiger partial charge in [0, 0.05) is 23.1 Å². The third-order valence-electron chi connectivity index (χ3n) is 3.78. The van der Waals surface area contributed by atoms with Crippen LogP contribution in [0.5, 0.6) is 5.75 Å². The molecule has 0 aliphatic heterocycles. The number of hydrogen-bond acceptors (Lipinski definition) is 2. The zero-order valence-corrected chi connectivity index (χ0v) is 11.4. The third kappa shape index (κ3) is 2.14. The number of fused-ring (bicyclic) bond motifs is 1. The van der Waals surface area contributed by atoms with Crippen molar-refractivity contribution in [2.75, 3.05) is 0 Å². The minimum atomic E-state index is 0.0236. The molecule has 1 aliphatic rings. The van der Waals surface area contributed by atoms with Gasteiger partial charge in [-0.1, -0.05) is 43.3 Å². The molecule has 0 aromatic heterocycles. The first-order valence-corrected chi connectivity index (χ1v) is 6.84. The molecule has 0 radical (unpaired) electrons. The number of ketones is 1. The molecular weight excluding hydrogens is 248 g/mol. The Kier molecular flexibility index (Phi) is 3.15. The van der Waals surface area contributed by atoms with Gasteiger partial charge in [0.1, 0.15) is 5.75 Å². The average Bonchev–Trinajstić information content (AvgIpc) is 2.79. The molecule has 0 heterocycles. The summed E-state index contributed by atoms with van der Waals surface area (Å²) in [5, 5.41) is 9.82. The Bertz CT molecular complexity index is 694. The number of carbonyl (C=O) groups is 1. The summed E-state index contributed by atoms with van der Waals surface area (Å²) in [6.07, 6.45) is 3.44. The fourth-order valence-electron chi connectivity index (χ4n) is 2.58. The molecule has 0 spiro atoms. The highest BCUT2D eigenvalue weighted by atomic mass is 16.3. The van der Waals surface area contributed by atoms with Crippen molar-refractivity contribution in [2.45, 2.75) is 19.8 Å². The van der Waals surface area contributed by atoms with Gasteiger partial charge in [-0.3, -0.25) is 4.79 Å². The Balaban J connectivity index is 1.95. The van der Waals surface area contributed by atoms with Gasteiger partial charge in [0.2, 0.25) is 0 Å². The summed E-state index contributed by atoms with van der Waals surface area (Å²) in [5.41, 5.74) is 4.42. The third-order valence-corrected chi connectivity index (χ3v) is 3.78. The number of aromatic hydroxyl groups is 1. The van der Waals surface area contributed by atoms with E-state index in [1.165, 1.54) is 5.56 Å². The highest BCUT2D eigenvalue weighted by Gasteiger charge is 2.26. The largest absolute Gasteiger partial charge is 0.508 e. The van der Waals surface area contributed by atoms with E-state index in [1.54, 1.807) is 18.2 Å². The van der Waals surface area contributed by atoms with E-state index in [0.29, 0.717) is 12.0 Å². The standard InChI is InChI=1S/C18H16O2/c1-2-12-6-8-13(9-7-12)10-14-11-16-15(18(14)20)4-3-5-17(16)19/h3-10,19H,2,11H2,1H3/b14-10-. The van der Waals surface area contributed by atoms with Gasteiger partial charge in [0.15, 0.2) is 5.78 Å². The van der Waals surface area contributed by atoms with Crippen molar-refractivity contribution in [3.05, 3.63) is 70.3 Å². The van der Waals surface area contributed by atoms with E-state index in [9.17, 15) is 9.90 Å². The number of hydrogen-bond donors (Lipinski definition) is 1. The van der Waals surface area contributed by atoms with Crippen LogP contribution in [0, 0.1) is 0 Å². The molecule has 0 bridgehead atoms. The molecule has 2 heteroatoms. The molecule has 0 saturated heterocycles. The lowest BCUT2D eigenvalue weighted by Gasteiger charge is -1.99. The number of benzene rings is 2. The van der Waals surface area contributed by atoms with Crippen LogP contribution in [-0.4, -0.2) is 10.9 Å². The molecule has 2 aromatic carbocycles. The molecule has 100 valence electrons. The summed E-state index contributed by atoms with van der Waals surface area (Å²) in [6, 6.07) is 13.3. The number of phenolic OH excluding ortho intramolecular Hbond substituents is 1. The van der Waals surface area contributed by atoms with E-state index in [4.69, 9.17) is 0 Å². The lowest BCUT2D eigenvalue weighted by molar-refractivity contribution is 0.104. The van der Waals surface area contributed by atoms with Gasteiger partial charge in [0.05, 0.1) is 0 Å². The van der Waals surface area contributed by atoms with E-state index in [2.05, 4.69) is 19.1 Å². The Labute approximate surface area is 118 Å². The highest BCUT2D eigenvalue weighted by molar-refractivity contribution is 6.16. The molecular formula is C18H16O2. The van der Waals surface area contributed by atoms with Crippen LogP contribution in [0.2, 0.25) is 0 Å². The summed E-state index contributed by atoms with van der Waals surface area (Å²) < 4.78 is 0. The summed E-state index contributed by atoms with van der Waals surface area (Å²) in [6.45, 7) is 2.12. The lowest BCUT2D eigenvalue weighted by Crippen LogP contribution is -1.95. The maximum absolute atomic E-state index is 12.3. The van der Waals surface area contributed by atoms with Gasteiger partial charge >= 0.3 is 0 Å². The van der Waals surface area contributed by atoms with Crippen LogP contribution < -0.4 is 0 Å². The zero-order chi connectivity index (χ0) is 14.1. The molecule has 3 rings (SSSR count). The van der Waals surface area contributed by atoms with Crippen molar-refractivity contribution in [1.82, 2.24) is 0 Å². The second-order valence-electron chi connectivity index (χ2n) is 5.07. The van der Waals surface area contributed by atoms with Gasteiger partial charge in [-0.05, 0) is 29.7 Å². The average molecular weight is 264 g/mol. The zero-order valence-electron chi connectivity index (χ0n) is 11.4. The van der Waals surface area contributed by atoms with E-state index >= 15 is 0 Å². The molecule has 0 saturated carbocycles. The molecule has 1 aliphatic carbocycles. The van der Waals surface area contributed by atoms with Crippen molar-refractivity contribution in [3.63, 3.8) is 0 Å². The van der Waals surface area contributed by atoms with Crippen LogP contribution in [0.3, 0.4) is 0 Å². The summed E-state index contributed by atoms with van der Waals surface area (Å²) in [4.78, 5) is 12.3. The quantitative estimate of drug-likeness (QED) is 0.838. The lowest BCUT2D eigenvalue weighted by atomic mass is 10.1. The molecule has 2 nitrogen and oxygen atoms in total. The van der Waals surface area contributed by atoms with Crippen molar-refractivity contribution < 1.29 is 9.90 Å². The topological polar surface area (TPSA) is 37.3 Å². The second-order valence-corrected chi connectivity index (χ2v) is 5.07. The van der Waals surface area contributed by atoms with Gasteiger partial charge in [0.25, 0.3) is 0 Å². The van der Waals surface area contributed by atoms with Crippen LogP contribution in [0.1, 0.15) is 34.0 Å². The molecule has 0 unspecified atom stereocenters. The van der Waals surface area contributed by atoms with Crippen molar-refractivity contribution >= 4 is 11.9 Å². The number of carbonyl (C=O) groups excluding carboxylic acids is 1. The van der Waals surface area contributed by atoms with Crippen LogP contribution >= 0.6 is 0 Å². The minimum Gasteiger partial charge on any atom is -0.508 e. The first-order chi connectivity index (χ1) is 9.69. The van der Waals surface area contributed by atoms with E-state index in [0.717, 1.165) is 23.1 Å². The Morgan fingerprint density at radius 1 is 1.15 bits per heavy atom. The number of phenols is 1. The van der Waals surface area contributed by atoms with Crippen LogP contribution in [0.15, 0.2) is 48.0 Å². The second kappa shape index (κ2) is 4.97. The predicted molar refractivity (Wildman–Crippen MR) is 79.9 cm³/mol. The summed E-state index contributed by atoms with van der Waals surface area (Å²) in [7, 11) is 0. The molecule has 0 fully saturated rings. The summed E-state index contributed by atoms with van der Waals surface area (Å²) >= 11 is 0. The van der Waals surface area contributed by atoms with Gasteiger partial charge < -0.3 is 5.11 Å².